The quantitative estimate of drug-likeness (QED) is 0.867. The third kappa shape index (κ3) is 3.19. The molecule has 0 aliphatic carbocycles. The molecule has 1 saturated heterocycles. The average Bonchev–Trinajstić information content (AvgIpc) is 2.67. The number of benzene rings is 1. The van der Waals surface area contributed by atoms with Crippen LogP contribution in [0, 0.1) is 11.3 Å². The van der Waals surface area contributed by atoms with Crippen LogP contribution in [-0.2, 0) is 9.47 Å². The van der Waals surface area contributed by atoms with Crippen molar-refractivity contribution in [1.82, 2.24) is 0 Å². The molecule has 0 amide bonds. The van der Waals surface area contributed by atoms with E-state index in [9.17, 15) is 0 Å². The maximum Gasteiger partial charge on any atom is 0.163 e. The lowest BCUT2D eigenvalue weighted by molar-refractivity contribution is -0.136. The van der Waals surface area contributed by atoms with Crippen molar-refractivity contribution in [3.63, 3.8) is 0 Å². The molecule has 0 spiro atoms. The molecule has 1 heterocycles. The molecule has 90 valence electrons. The number of rotatable bonds is 3. The van der Waals surface area contributed by atoms with Gasteiger partial charge in [-0.1, -0.05) is 6.07 Å². The highest BCUT2D eigenvalue weighted by Crippen LogP contribution is 2.22. The molecule has 1 N–H and O–H groups in total. The van der Waals surface area contributed by atoms with Crippen LogP contribution in [0.2, 0.25) is 0 Å². The fourth-order valence-corrected chi connectivity index (χ4v) is 1.79. The van der Waals surface area contributed by atoms with Crippen LogP contribution in [0.3, 0.4) is 0 Å². The molecule has 1 aliphatic heterocycles. The van der Waals surface area contributed by atoms with Gasteiger partial charge in [0.1, 0.15) is 6.10 Å². The number of nitriles is 1. The number of hydrogen-bond donors (Lipinski definition) is 1. The average molecular weight is 232 g/mol. The third-order valence-electron chi connectivity index (χ3n) is 2.59. The Hall–Kier alpha value is -1.57. The largest absolute Gasteiger partial charge is 0.382 e. The predicted octanol–water partition coefficient (Wildman–Crippen LogP) is 2.12. The summed E-state index contributed by atoms with van der Waals surface area (Å²) in [5.41, 5.74) is 1.58. The summed E-state index contributed by atoms with van der Waals surface area (Å²) < 4.78 is 11.1. The lowest BCUT2D eigenvalue weighted by Crippen LogP contribution is -2.25. The second-order valence-electron chi connectivity index (χ2n) is 4.52. The number of nitrogens with zero attached hydrogens (tertiary/aromatic N) is 1. The van der Waals surface area contributed by atoms with E-state index in [1.807, 2.05) is 32.0 Å². The van der Waals surface area contributed by atoms with Gasteiger partial charge >= 0.3 is 0 Å². The number of ether oxygens (including phenoxy) is 2. The van der Waals surface area contributed by atoms with E-state index in [2.05, 4.69) is 11.4 Å². The highest BCUT2D eigenvalue weighted by Gasteiger charge is 2.32. The molecule has 4 heteroatoms. The molecule has 1 unspecified atom stereocenters. The van der Waals surface area contributed by atoms with E-state index in [1.165, 1.54) is 0 Å². The first kappa shape index (κ1) is 11.9. The zero-order chi connectivity index (χ0) is 12.3. The van der Waals surface area contributed by atoms with Gasteiger partial charge in [0.2, 0.25) is 0 Å². The molecule has 17 heavy (non-hydrogen) atoms. The van der Waals surface area contributed by atoms with Crippen LogP contribution in [0.5, 0.6) is 0 Å². The van der Waals surface area contributed by atoms with Crippen molar-refractivity contribution in [3.05, 3.63) is 29.8 Å². The van der Waals surface area contributed by atoms with Crippen molar-refractivity contribution >= 4 is 5.69 Å². The summed E-state index contributed by atoms with van der Waals surface area (Å²) >= 11 is 0. The van der Waals surface area contributed by atoms with Gasteiger partial charge in [-0.05, 0) is 32.0 Å². The molecule has 1 atom stereocenters. The minimum Gasteiger partial charge on any atom is -0.382 e. The zero-order valence-corrected chi connectivity index (χ0v) is 10.1. The van der Waals surface area contributed by atoms with Gasteiger partial charge < -0.3 is 14.8 Å². The number of anilines is 1. The summed E-state index contributed by atoms with van der Waals surface area (Å²) in [7, 11) is 0. The molecule has 2 rings (SSSR count). The molecule has 0 radical (unpaired) electrons. The van der Waals surface area contributed by atoms with E-state index in [0.29, 0.717) is 18.7 Å². The fourth-order valence-electron chi connectivity index (χ4n) is 1.79. The molecule has 1 fully saturated rings. The molecule has 0 aromatic heterocycles. The smallest absolute Gasteiger partial charge is 0.163 e. The first-order valence-electron chi connectivity index (χ1n) is 5.65. The highest BCUT2D eigenvalue weighted by atomic mass is 16.7. The molecule has 0 saturated carbocycles. The Kier molecular flexibility index (Phi) is 3.32. The Morgan fingerprint density at radius 2 is 2.35 bits per heavy atom. The van der Waals surface area contributed by atoms with Gasteiger partial charge in [0.15, 0.2) is 5.79 Å². The Morgan fingerprint density at radius 1 is 1.53 bits per heavy atom. The van der Waals surface area contributed by atoms with Gasteiger partial charge in [0.05, 0.1) is 18.2 Å². The van der Waals surface area contributed by atoms with Crippen LogP contribution < -0.4 is 5.32 Å². The number of hydrogen-bond acceptors (Lipinski definition) is 4. The van der Waals surface area contributed by atoms with Gasteiger partial charge in [-0.15, -0.1) is 0 Å². The van der Waals surface area contributed by atoms with Gasteiger partial charge in [0, 0.05) is 12.2 Å². The summed E-state index contributed by atoms with van der Waals surface area (Å²) in [4.78, 5) is 0. The topological polar surface area (TPSA) is 54.3 Å². The maximum atomic E-state index is 8.79. The predicted molar refractivity (Wildman–Crippen MR) is 64.6 cm³/mol. The molecule has 1 aromatic rings. The monoisotopic (exact) mass is 232 g/mol. The maximum absolute atomic E-state index is 8.79. The Morgan fingerprint density at radius 3 is 3.00 bits per heavy atom. The van der Waals surface area contributed by atoms with Crippen molar-refractivity contribution in [3.8, 4) is 6.07 Å². The minimum atomic E-state index is -0.485. The molecule has 4 nitrogen and oxygen atoms in total. The van der Waals surface area contributed by atoms with Crippen LogP contribution in [0.1, 0.15) is 19.4 Å². The Labute approximate surface area is 101 Å². The van der Waals surface area contributed by atoms with Gasteiger partial charge in [-0.2, -0.15) is 5.26 Å². The highest BCUT2D eigenvalue weighted by molar-refractivity contribution is 5.49. The first-order chi connectivity index (χ1) is 8.09. The van der Waals surface area contributed by atoms with Crippen molar-refractivity contribution in [1.29, 1.82) is 5.26 Å². The van der Waals surface area contributed by atoms with Gasteiger partial charge in [-0.25, -0.2) is 0 Å². The Bertz CT molecular complexity index is 437. The van der Waals surface area contributed by atoms with Crippen LogP contribution in [0.15, 0.2) is 24.3 Å². The van der Waals surface area contributed by atoms with E-state index in [4.69, 9.17) is 14.7 Å². The number of nitrogens with one attached hydrogen (secondary N) is 1. The summed E-state index contributed by atoms with van der Waals surface area (Å²) in [6, 6.07) is 9.50. The summed E-state index contributed by atoms with van der Waals surface area (Å²) in [5.74, 6) is -0.485. The van der Waals surface area contributed by atoms with Crippen molar-refractivity contribution in [2.45, 2.75) is 25.7 Å². The van der Waals surface area contributed by atoms with Crippen molar-refractivity contribution in [2.75, 3.05) is 18.5 Å². The lowest BCUT2D eigenvalue weighted by atomic mass is 10.2. The Balaban J connectivity index is 1.88. The standard InChI is InChI=1S/C13H16N2O2/c1-13(2)16-9-12(17-13)8-15-11-5-3-4-10(6-11)7-14/h3-6,12,15H,8-9H2,1-2H3. The van der Waals surface area contributed by atoms with Crippen LogP contribution in [0.25, 0.3) is 0 Å². The minimum absolute atomic E-state index is 0.0516. The second kappa shape index (κ2) is 4.74. The zero-order valence-electron chi connectivity index (χ0n) is 10.1. The van der Waals surface area contributed by atoms with E-state index < -0.39 is 5.79 Å². The second-order valence-corrected chi connectivity index (χ2v) is 4.52. The molecule has 1 aliphatic rings. The van der Waals surface area contributed by atoms with E-state index in [1.54, 1.807) is 6.07 Å². The van der Waals surface area contributed by atoms with Crippen LogP contribution in [-0.4, -0.2) is 25.0 Å². The summed E-state index contributed by atoms with van der Waals surface area (Å²) in [5, 5.41) is 12.0. The molecule has 1 aromatic carbocycles. The van der Waals surface area contributed by atoms with Crippen LogP contribution in [0.4, 0.5) is 5.69 Å². The molecular formula is C13H16N2O2. The fraction of sp³-hybridized carbons (Fsp3) is 0.462. The summed E-state index contributed by atoms with van der Waals surface area (Å²) in [6.07, 6.45) is 0.0516. The van der Waals surface area contributed by atoms with E-state index in [0.717, 1.165) is 5.69 Å². The summed E-state index contributed by atoms with van der Waals surface area (Å²) in [6.45, 7) is 5.09. The third-order valence-corrected chi connectivity index (χ3v) is 2.59. The molecule has 0 bridgehead atoms. The van der Waals surface area contributed by atoms with Gasteiger partial charge in [-0.3, -0.25) is 0 Å². The van der Waals surface area contributed by atoms with E-state index in [-0.39, 0.29) is 6.10 Å². The van der Waals surface area contributed by atoms with Crippen molar-refractivity contribution in [2.24, 2.45) is 0 Å². The van der Waals surface area contributed by atoms with E-state index >= 15 is 0 Å². The normalized spacial score (nSPS) is 22.1. The lowest BCUT2D eigenvalue weighted by Gasteiger charge is -2.17. The van der Waals surface area contributed by atoms with Crippen LogP contribution >= 0.6 is 0 Å². The molecular weight excluding hydrogens is 216 g/mol. The van der Waals surface area contributed by atoms with Gasteiger partial charge in [0.25, 0.3) is 0 Å². The SMILES string of the molecule is CC1(C)OCC(CNc2cccc(C#N)c2)O1. The van der Waals surface area contributed by atoms with Crippen molar-refractivity contribution < 1.29 is 9.47 Å². The first-order valence-corrected chi connectivity index (χ1v) is 5.65.